The number of allylic oxidation sites excluding steroid dienone is 1. The van der Waals surface area contributed by atoms with Gasteiger partial charge in [-0.2, -0.15) is 5.10 Å². The summed E-state index contributed by atoms with van der Waals surface area (Å²) in [5.74, 6) is 0.207. The lowest BCUT2D eigenvalue weighted by molar-refractivity contribution is 0.500. The lowest BCUT2D eigenvalue weighted by atomic mass is 10.2. The van der Waals surface area contributed by atoms with Crippen LogP contribution in [0.5, 0.6) is 0 Å². The van der Waals surface area contributed by atoms with Crippen LogP contribution in [0, 0.1) is 5.82 Å². The Hall–Kier alpha value is -2.76. The SMILES string of the molecule is Fc1cnn(-c2ccc(CN3C=CC=NC=C3)cn2)c1. The average molecular weight is 269 g/mol. The van der Waals surface area contributed by atoms with Crippen molar-refractivity contribution in [1.82, 2.24) is 19.7 Å². The molecule has 0 fully saturated rings. The Bertz CT molecular complexity index is 653. The zero-order chi connectivity index (χ0) is 13.8. The molecule has 0 aliphatic carbocycles. The van der Waals surface area contributed by atoms with Gasteiger partial charge in [0.05, 0.1) is 12.4 Å². The van der Waals surface area contributed by atoms with Crippen LogP contribution in [-0.2, 0) is 6.54 Å². The van der Waals surface area contributed by atoms with E-state index < -0.39 is 0 Å². The molecule has 5 nitrogen and oxygen atoms in total. The number of nitrogens with zero attached hydrogens (tertiary/aromatic N) is 5. The van der Waals surface area contributed by atoms with E-state index in [1.54, 1.807) is 18.6 Å². The number of halogens is 1. The van der Waals surface area contributed by atoms with Gasteiger partial charge in [-0.15, -0.1) is 0 Å². The van der Waals surface area contributed by atoms with E-state index in [1.807, 2.05) is 35.5 Å². The van der Waals surface area contributed by atoms with Gasteiger partial charge >= 0.3 is 0 Å². The van der Waals surface area contributed by atoms with E-state index >= 15 is 0 Å². The van der Waals surface area contributed by atoms with Crippen LogP contribution in [0.1, 0.15) is 5.56 Å². The number of pyridine rings is 1. The summed E-state index contributed by atoms with van der Waals surface area (Å²) in [5.41, 5.74) is 1.04. The Morgan fingerprint density at radius 3 is 2.85 bits per heavy atom. The molecule has 0 radical (unpaired) electrons. The summed E-state index contributed by atoms with van der Waals surface area (Å²) in [4.78, 5) is 10.3. The molecular weight excluding hydrogens is 257 g/mol. The Kier molecular flexibility index (Phi) is 3.36. The summed E-state index contributed by atoms with van der Waals surface area (Å²) in [7, 11) is 0. The van der Waals surface area contributed by atoms with Crippen molar-refractivity contribution in [2.75, 3.05) is 0 Å². The van der Waals surface area contributed by atoms with Crippen molar-refractivity contribution in [3.63, 3.8) is 0 Å². The molecule has 0 saturated heterocycles. The fourth-order valence-electron chi connectivity index (χ4n) is 1.81. The van der Waals surface area contributed by atoms with Gasteiger partial charge in [-0.05, 0) is 17.7 Å². The Balaban J connectivity index is 1.73. The van der Waals surface area contributed by atoms with Crippen LogP contribution in [0.4, 0.5) is 4.39 Å². The van der Waals surface area contributed by atoms with Crippen molar-refractivity contribution in [3.8, 4) is 5.82 Å². The molecule has 1 aliphatic heterocycles. The molecule has 3 rings (SSSR count). The van der Waals surface area contributed by atoms with Crippen LogP contribution in [0.25, 0.3) is 5.82 Å². The van der Waals surface area contributed by atoms with Gasteiger partial charge in [0.25, 0.3) is 0 Å². The molecule has 20 heavy (non-hydrogen) atoms. The maximum atomic E-state index is 12.9. The van der Waals surface area contributed by atoms with E-state index in [9.17, 15) is 4.39 Å². The van der Waals surface area contributed by atoms with E-state index in [-0.39, 0.29) is 5.82 Å². The van der Waals surface area contributed by atoms with Crippen LogP contribution in [0.15, 0.2) is 60.4 Å². The first-order chi connectivity index (χ1) is 9.81. The molecule has 0 amide bonds. The number of aromatic nitrogens is 3. The molecule has 2 aromatic rings. The predicted octanol–water partition coefficient (Wildman–Crippen LogP) is 2.28. The van der Waals surface area contributed by atoms with E-state index in [0.29, 0.717) is 12.4 Å². The second-order valence-corrected chi connectivity index (χ2v) is 4.24. The van der Waals surface area contributed by atoms with Crippen molar-refractivity contribution in [3.05, 3.63) is 66.8 Å². The Morgan fingerprint density at radius 2 is 2.10 bits per heavy atom. The predicted molar refractivity (Wildman–Crippen MR) is 73.6 cm³/mol. The molecule has 0 aromatic carbocycles. The third-order valence-electron chi connectivity index (χ3n) is 2.75. The van der Waals surface area contributed by atoms with Crippen LogP contribution in [0.3, 0.4) is 0 Å². The highest BCUT2D eigenvalue weighted by molar-refractivity contribution is 5.71. The molecule has 1 aliphatic rings. The molecule has 6 heteroatoms. The summed E-state index contributed by atoms with van der Waals surface area (Å²) in [6, 6.07) is 3.75. The summed E-state index contributed by atoms with van der Waals surface area (Å²) in [6.45, 7) is 0.692. The zero-order valence-corrected chi connectivity index (χ0v) is 10.6. The monoisotopic (exact) mass is 269 g/mol. The smallest absolute Gasteiger partial charge is 0.161 e. The average Bonchev–Trinajstić information content (AvgIpc) is 2.73. The fourth-order valence-corrected chi connectivity index (χ4v) is 1.81. The van der Waals surface area contributed by atoms with E-state index in [2.05, 4.69) is 15.1 Å². The fraction of sp³-hybridized carbons (Fsp3) is 0.0714. The second kappa shape index (κ2) is 5.48. The number of rotatable bonds is 3. The summed E-state index contributed by atoms with van der Waals surface area (Å²) < 4.78 is 14.3. The molecule has 2 aromatic heterocycles. The zero-order valence-electron chi connectivity index (χ0n) is 10.6. The lowest BCUT2D eigenvalue weighted by Crippen LogP contribution is -2.09. The van der Waals surface area contributed by atoms with Crippen molar-refractivity contribution < 1.29 is 4.39 Å². The van der Waals surface area contributed by atoms with Gasteiger partial charge in [0.1, 0.15) is 0 Å². The summed E-state index contributed by atoms with van der Waals surface area (Å²) in [6.07, 6.45) is 13.3. The van der Waals surface area contributed by atoms with Crippen LogP contribution in [0.2, 0.25) is 0 Å². The molecule has 0 unspecified atom stereocenters. The number of hydrogen-bond acceptors (Lipinski definition) is 4. The summed E-state index contributed by atoms with van der Waals surface area (Å²) >= 11 is 0. The summed E-state index contributed by atoms with van der Waals surface area (Å²) in [5, 5.41) is 3.87. The molecule has 0 bridgehead atoms. The first-order valence-corrected chi connectivity index (χ1v) is 6.09. The van der Waals surface area contributed by atoms with E-state index in [4.69, 9.17) is 0 Å². The lowest BCUT2D eigenvalue weighted by Gasteiger charge is -2.14. The molecule has 3 heterocycles. The highest BCUT2D eigenvalue weighted by Gasteiger charge is 2.03. The minimum atomic E-state index is -0.379. The molecular formula is C14H12FN5. The molecule has 0 saturated carbocycles. The third kappa shape index (κ3) is 2.80. The van der Waals surface area contributed by atoms with E-state index in [0.717, 1.165) is 11.8 Å². The molecule has 0 spiro atoms. The number of hydrogen-bond donors (Lipinski definition) is 0. The number of aliphatic imine (C=N–C) groups is 1. The highest BCUT2D eigenvalue weighted by atomic mass is 19.1. The van der Waals surface area contributed by atoms with Crippen LogP contribution < -0.4 is 0 Å². The second-order valence-electron chi connectivity index (χ2n) is 4.24. The van der Waals surface area contributed by atoms with E-state index in [1.165, 1.54) is 10.9 Å². The minimum absolute atomic E-state index is 0.379. The topological polar surface area (TPSA) is 46.3 Å². The van der Waals surface area contributed by atoms with Crippen molar-refractivity contribution in [2.45, 2.75) is 6.54 Å². The van der Waals surface area contributed by atoms with Gasteiger partial charge in [-0.1, -0.05) is 6.07 Å². The van der Waals surface area contributed by atoms with Gasteiger partial charge in [-0.3, -0.25) is 4.99 Å². The standard InChI is InChI=1S/C14H12FN5/c15-13-9-18-20(11-13)14-3-2-12(8-17-14)10-19-6-1-4-16-5-7-19/h1-9,11H,10H2. The third-order valence-corrected chi connectivity index (χ3v) is 2.75. The van der Waals surface area contributed by atoms with Gasteiger partial charge in [0.15, 0.2) is 11.6 Å². The van der Waals surface area contributed by atoms with Crippen LogP contribution in [-0.4, -0.2) is 25.9 Å². The van der Waals surface area contributed by atoms with Crippen LogP contribution >= 0.6 is 0 Å². The van der Waals surface area contributed by atoms with Gasteiger partial charge in [-0.25, -0.2) is 14.1 Å². The van der Waals surface area contributed by atoms with Crippen molar-refractivity contribution >= 4 is 6.21 Å². The molecule has 0 N–H and O–H groups in total. The largest absolute Gasteiger partial charge is 0.348 e. The molecule has 0 atom stereocenters. The molecule has 100 valence electrons. The van der Waals surface area contributed by atoms with Gasteiger partial charge < -0.3 is 4.90 Å². The van der Waals surface area contributed by atoms with Crippen molar-refractivity contribution in [2.24, 2.45) is 4.99 Å². The maximum Gasteiger partial charge on any atom is 0.161 e. The quantitative estimate of drug-likeness (QED) is 0.858. The highest BCUT2D eigenvalue weighted by Crippen LogP contribution is 2.09. The Morgan fingerprint density at radius 1 is 1.15 bits per heavy atom. The Labute approximate surface area is 115 Å². The van der Waals surface area contributed by atoms with Gasteiger partial charge in [0.2, 0.25) is 0 Å². The normalized spacial score (nSPS) is 13.8. The minimum Gasteiger partial charge on any atom is -0.348 e. The van der Waals surface area contributed by atoms with Crippen molar-refractivity contribution in [1.29, 1.82) is 0 Å². The first kappa shape index (κ1) is 12.3. The maximum absolute atomic E-state index is 12.9. The van der Waals surface area contributed by atoms with Gasteiger partial charge in [0, 0.05) is 37.6 Å². The first-order valence-electron chi connectivity index (χ1n) is 6.09.